The van der Waals surface area contributed by atoms with Crippen molar-refractivity contribution in [3.05, 3.63) is 0 Å². The van der Waals surface area contributed by atoms with Crippen LogP contribution in [-0.4, -0.2) is 36.5 Å². The Kier molecular flexibility index (Phi) is 10.8. The maximum absolute atomic E-state index is 11.9. The number of rotatable bonds is 12. The Bertz CT molecular complexity index is 317. The molecule has 0 atom stereocenters. The number of hydrogen-bond donors (Lipinski definition) is 0. The summed E-state index contributed by atoms with van der Waals surface area (Å²) in [5.41, 5.74) is 0. The summed E-state index contributed by atoms with van der Waals surface area (Å²) in [6.07, 6.45) is 14.7. The molecule has 4 nitrogen and oxygen atoms in total. The fourth-order valence-electron chi connectivity index (χ4n) is 2.86. The first-order valence-electron chi connectivity index (χ1n) is 9.17. The SMILES string of the molecule is CCCCCCCCCCCCCC(=O)N1CCOC(=O)C1. The third-order valence-electron chi connectivity index (χ3n) is 4.29. The summed E-state index contributed by atoms with van der Waals surface area (Å²) in [4.78, 5) is 24.7. The fourth-order valence-corrected chi connectivity index (χ4v) is 2.86. The standard InChI is InChI=1S/C18H33NO3/c1-2-3-4-5-6-7-8-9-10-11-12-13-17(20)19-14-15-22-18(21)16-19/h2-16H2,1H3. The largest absolute Gasteiger partial charge is 0.462 e. The molecule has 0 aromatic heterocycles. The van der Waals surface area contributed by atoms with Crippen molar-refractivity contribution in [2.75, 3.05) is 19.7 Å². The first-order chi connectivity index (χ1) is 10.7. The van der Waals surface area contributed by atoms with Crippen LogP contribution < -0.4 is 0 Å². The van der Waals surface area contributed by atoms with Crippen molar-refractivity contribution < 1.29 is 14.3 Å². The van der Waals surface area contributed by atoms with Gasteiger partial charge in [0, 0.05) is 6.42 Å². The van der Waals surface area contributed by atoms with E-state index in [1.165, 1.54) is 57.8 Å². The molecule has 0 spiro atoms. The predicted molar refractivity (Wildman–Crippen MR) is 88.6 cm³/mol. The number of morpholine rings is 1. The fraction of sp³-hybridized carbons (Fsp3) is 0.889. The smallest absolute Gasteiger partial charge is 0.325 e. The summed E-state index contributed by atoms with van der Waals surface area (Å²) in [7, 11) is 0. The number of carbonyl (C=O) groups excluding carboxylic acids is 2. The van der Waals surface area contributed by atoms with E-state index in [0.717, 1.165) is 12.8 Å². The molecule has 0 N–H and O–H groups in total. The maximum Gasteiger partial charge on any atom is 0.325 e. The van der Waals surface area contributed by atoms with Gasteiger partial charge in [0.15, 0.2) is 0 Å². The Hall–Kier alpha value is -1.06. The number of amides is 1. The number of hydrogen-bond acceptors (Lipinski definition) is 3. The monoisotopic (exact) mass is 311 g/mol. The van der Waals surface area contributed by atoms with Crippen molar-refractivity contribution in [2.45, 2.75) is 84.0 Å². The number of nitrogens with zero attached hydrogens (tertiary/aromatic N) is 1. The molecule has 128 valence electrons. The lowest BCUT2D eigenvalue weighted by atomic mass is 10.1. The summed E-state index contributed by atoms with van der Waals surface area (Å²) in [6.45, 7) is 3.30. The van der Waals surface area contributed by atoms with Gasteiger partial charge in [0.25, 0.3) is 0 Å². The Morgan fingerprint density at radius 3 is 2.05 bits per heavy atom. The minimum atomic E-state index is -0.279. The molecule has 1 rings (SSSR count). The molecule has 0 unspecified atom stereocenters. The molecule has 0 saturated carbocycles. The highest BCUT2D eigenvalue weighted by molar-refractivity contribution is 5.82. The van der Waals surface area contributed by atoms with E-state index < -0.39 is 0 Å². The van der Waals surface area contributed by atoms with Crippen molar-refractivity contribution in [1.82, 2.24) is 4.90 Å². The van der Waals surface area contributed by atoms with Gasteiger partial charge < -0.3 is 9.64 Å². The Balaban J connectivity index is 1.86. The van der Waals surface area contributed by atoms with Gasteiger partial charge in [-0.1, -0.05) is 71.1 Å². The van der Waals surface area contributed by atoms with Crippen molar-refractivity contribution in [2.24, 2.45) is 0 Å². The van der Waals surface area contributed by atoms with E-state index in [9.17, 15) is 9.59 Å². The van der Waals surface area contributed by atoms with E-state index >= 15 is 0 Å². The van der Waals surface area contributed by atoms with Crippen molar-refractivity contribution >= 4 is 11.9 Å². The molecule has 4 heteroatoms. The van der Waals surface area contributed by atoms with Crippen molar-refractivity contribution in [3.63, 3.8) is 0 Å². The van der Waals surface area contributed by atoms with E-state index in [-0.39, 0.29) is 18.4 Å². The second kappa shape index (κ2) is 12.5. The third kappa shape index (κ3) is 9.06. The summed E-state index contributed by atoms with van der Waals surface area (Å²) in [6, 6.07) is 0. The van der Waals surface area contributed by atoms with Gasteiger partial charge in [-0.05, 0) is 6.42 Å². The molecule has 1 amide bonds. The first-order valence-corrected chi connectivity index (χ1v) is 9.17. The number of ether oxygens (including phenoxy) is 1. The minimum Gasteiger partial charge on any atom is -0.462 e. The second-order valence-corrected chi connectivity index (χ2v) is 6.32. The highest BCUT2D eigenvalue weighted by Gasteiger charge is 2.21. The third-order valence-corrected chi connectivity index (χ3v) is 4.29. The van der Waals surface area contributed by atoms with Crippen LogP contribution >= 0.6 is 0 Å². The van der Waals surface area contributed by atoms with Gasteiger partial charge in [0.05, 0.1) is 6.54 Å². The Morgan fingerprint density at radius 1 is 0.955 bits per heavy atom. The van der Waals surface area contributed by atoms with Gasteiger partial charge in [0.2, 0.25) is 5.91 Å². The number of carbonyl (C=O) groups is 2. The second-order valence-electron chi connectivity index (χ2n) is 6.32. The van der Waals surface area contributed by atoms with E-state index in [2.05, 4.69) is 6.92 Å². The molecule has 0 radical (unpaired) electrons. The zero-order valence-electron chi connectivity index (χ0n) is 14.3. The summed E-state index contributed by atoms with van der Waals surface area (Å²) >= 11 is 0. The van der Waals surface area contributed by atoms with Crippen LogP contribution in [-0.2, 0) is 14.3 Å². The van der Waals surface area contributed by atoms with E-state index in [4.69, 9.17) is 4.74 Å². The number of cyclic esters (lactones) is 1. The van der Waals surface area contributed by atoms with Gasteiger partial charge in [0.1, 0.15) is 13.2 Å². The van der Waals surface area contributed by atoms with Crippen molar-refractivity contribution in [3.8, 4) is 0 Å². The lowest BCUT2D eigenvalue weighted by Gasteiger charge is -2.25. The molecule has 1 aliphatic rings. The van der Waals surface area contributed by atoms with Crippen LogP contribution in [0.1, 0.15) is 84.0 Å². The maximum atomic E-state index is 11.9. The van der Waals surface area contributed by atoms with E-state index in [1.807, 2.05) is 0 Å². The molecule has 22 heavy (non-hydrogen) atoms. The van der Waals surface area contributed by atoms with Crippen LogP contribution in [0.15, 0.2) is 0 Å². The predicted octanol–water partition coefficient (Wildman–Crippen LogP) is 4.07. The van der Waals surface area contributed by atoms with Crippen LogP contribution in [0.3, 0.4) is 0 Å². The molecule has 0 bridgehead atoms. The van der Waals surface area contributed by atoms with Gasteiger partial charge in [-0.3, -0.25) is 9.59 Å². The Morgan fingerprint density at radius 2 is 1.50 bits per heavy atom. The van der Waals surface area contributed by atoms with Crippen LogP contribution in [0.4, 0.5) is 0 Å². The summed E-state index contributed by atoms with van der Waals surface area (Å²) in [5, 5.41) is 0. The van der Waals surface area contributed by atoms with E-state index in [1.54, 1.807) is 4.90 Å². The van der Waals surface area contributed by atoms with Crippen molar-refractivity contribution in [1.29, 1.82) is 0 Å². The average Bonchev–Trinajstić information content (AvgIpc) is 2.52. The van der Waals surface area contributed by atoms with Gasteiger partial charge in [-0.15, -0.1) is 0 Å². The molecule has 1 aliphatic heterocycles. The number of unbranched alkanes of at least 4 members (excludes halogenated alkanes) is 10. The zero-order valence-corrected chi connectivity index (χ0v) is 14.3. The molecule has 0 aromatic carbocycles. The average molecular weight is 311 g/mol. The topological polar surface area (TPSA) is 46.6 Å². The Labute approximate surface area is 135 Å². The number of esters is 1. The molecule has 1 fully saturated rings. The van der Waals surface area contributed by atoms with E-state index in [0.29, 0.717) is 19.6 Å². The van der Waals surface area contributed by atoms with Gasteiger partial charge in [-0.25, -0.2) is 0 Å². The summed E-state index contributed by atoms with van der Waals surface area (Å²) < 4.78 is 4.84. The zero-order chi connectivity index (χ0) is 16.0. The van der Waals surface area contributed by atoms with Crippen LogP contribution in [0.2, 0.25) is 0 Å². The molecule has 0 aromatic rings. The summed E-state index contributed by atoms with van der Waals surface area (Å²) in [5.74, 6) is -0.175. The molecule has 1 heterocycles. The molecule has 0 aliphatic carbocycles. The van der Waals surface area contributed by atoms with Crippen LogP contribution in [0.5, 0.6) is 0 Å². The highest BCUT2D eigenvalue weighted by atomic mass is 16.5. The van der Waals surface area contributed by atoms with Crippen LogP contribution in [0, 0.1) is 0 Å². The van der Waals surface area contributed by atoms with Gasteiger partial charge >= 0.3 is 5.97 Å². The minimum absolute atomic E-state index is 0.104. The molecular formula is C18H33NO3. The lowest BCUT2D eigenvalue weighted by molar-refractivity contribution is -0.156. The lowest BCUT2D eigenvalue weighted by Crippen LogP contribution is -2.43. The highest BCUT2D eigenvalue weighted by Crippen LogP contribution is 2.12. The molecular weight excluding hydrogens is 278 g/mol. The molecule has 1 saturated heterocycles. The quantitative estimate of drug-likeness (QED) is 0.403. The first kappa shape index (κ1) is 19.0. The van der Waals surface area contributed by atoms with Crippen LogP contribution in [0.25, 0.3) is 0 Å². The normalized spacial score (nSPS) is 15.0. The van der Waals surface area contributed by atoms with Gasteiger partial charge in [-0.2, -0.15) is 0 Å².